The first kappa shape index (κ1) is 49.9. The summed E-state index contributed by atoms with van der Waals surface area (Å²) in [5.74, 6) is 1.51. The average Bonchev–Trinajstić information content (AvgIpc) is 3.81. The number of ketones is 1. The Labute approximate surface area is 376 Å². The molecule has 8 bridgehead atoms. The lowest BCUT2D eigenvalue weighted by Gasteiger charge is -2.48. The van der Waals surface area contributed by atoms with E-state index in [1.807, 2.05) is 0 Å². The summed E-state index contributed by atoms with van der Waals surface area (Å²) < 4.78 is 54.8. The number of Topliss-reactive ketones (excluding diaryl/α,β-unsaturated/α-hetero) is 1. The van der Waals surface area contributed by atoms with Crippen LogP contribution in [0.25, 0.3) is 0 Å². The minimum atomic E-state index is -0.901. The standard InChI is InChI=1S/C43H74O9P8/c1-22-7-8-29-18-25(4)33(45-29)11-9-30-17-24(3)26(5)36(46-30)21-37-32(27(6)35(48-37)15-23(2)13-14-58-53)20-28(44)19-31-10-12-34-39(47-31)43(52-60(56)57)42-41(49-34)40(51-59(54)55)38(16-22)50-42/h23-24,27,29-43,58H,1,4-5,7-21,53-57H2,2-3,6H3/t23-,24-,27-,29?,30?,31?,32?,33?,34+,35-,36-,37+,38-,39+,40+,41+,42-,43+/m1/s1. The van der Waals surface area contributed by atoms with Crippen molar-refractivity contribution in [3.05, 3.63) is 36.5 Å². The maximum Gasteiger partial charge on any atom is 0.135 e. The van der Waals surface area contributed by atoms with Crippen molar-refractivity contribution in [1.29, 1.82) is 0 Å². The zero-order chi connectivity index (χ0) is 42.8. The Morgan fingerprint density at radius 3 is 2.17 bits per heavy atom. The molecular weight excluding hydrogens is 908 g/mol. The minimum Gasteiger partial charge on any atom is -0.374 e. The molecule has 7 saturated heterocycles. The Morgan fingerprint density at radius 2 is 1.42 bits per heavy atom. The van der Waals surface area contributed by atoms with E-state index >= 15 is 0 Å². The fraction of sp³-hybridized carbons (Fsp3) is 0.837. The van der Waals surface area contributed by atoms with Gasteiger partial charge in [-0.3, -0.25) is 4.79 Å². The van der Waals surface area contributed by atoms with Gasteiger partial charge in [-0.05, 0) is 112 Å². The molecule has 0 aromatic carbocycles. The molecule has 7 aliphatic rings. The number of carbonyl (C=O) groups excluding carboxylic acids is 1. The van der Waals surface area contributed by atoms with E-state index in [0.29, 0.717) is 31.1 Å². The predicted molar refractivity (Wildman–Crippen MR) is 265 cm³/mol. The molecule has 7 fully saturated rings. The van der Waals surface area contributed by atoms with Crippen LogP contribution in [0.5, 0.6) is 0 Å². The summed E-state index contributed by atoms with van der Waals surface area (Å²) >= 11 is 0. The van der Waals surface area contributed by atoms with Gasteiger partial charge in [0.25, 0.3) is 0 Å². The fourth-order valence-corrected chi connectivity index (χ4v) is 15.1. The van der Waals surface area contributed by atoms with Crippen LogP contribution in [0, 0.1) is 23.7 Å². The summed E-state index contributed by atoms with van der Waals surface area (Å²) in [7, 11) is 13.2. The molecule has 0 N–H and O–H groups in total. The van der Waals surface area contributed by atoms with Crippen LogP contribution < -0.4 is 0 Å². The lowest BCUT2D eigenvalue weighted by molar-refractivity contribution is -0.251. The zero-order valence-corrected chi connectivity index (χ0v) is 44.6. The second kappa shape index (κ2) is 22.9. The van der Waals surface area contributed by atoms with E-state index in [2.05, 4.69) is 85.2 Å². The van der Waals surface area contributed by atoms with E-state index in [1.54, 1.807) is 0 Å². The number of hydrogen-bond acceptors (Lipinski definition) is 9. The van der Waals surface area contributed by atoms with Gasteiger partial charge in [0.1, 0.15) is 36.3 Å². The van der Waals surface area contributed by atoms with Gasteiger partial charge in [-0.25, -0.2) is 0 Å². The number of hydrogen-bond donors (Lipinski definition) is 0. The minimum absolute atomic E-state index is 0.0326. The molecule has 11 unspecified atom stereocenters. The van der Waals surface area contributed by atoms with Crippen LogP contribution in [0.1, 0.15) is 111 Å². The van der Waals surface area contributed by atoms with E-state index in [0.717, 1.165) is 83.6 Å². The molecule has 7 heterocycles. The third-order valence-electron chi connectivity index (χ3n) is 14.6. The van der Waals surface area contributed by atoms with Crippen LogP contribution >= 0.6 is 68.0 Å². The van der Waals surface area contributed by atoms with Crippen molar-refractivity contribution in [3.63, 3.8) is 0 Å². The van der Waals surface area contributed by atoms with E-state index in [4.69, 9.17) is 37.5 Å². The van der Waals surface area contributed by atoms with Gasteiger partial charge < -0.3 is 37.5 Å². The predicted octanol–water partition coefficient (Wildman–Crippen LogP) is 11.0. The number of carbonyl (C=O) groups is 1. The molecular formula is C43H74O9P8. The fourth-order valence-electron chi connectivity index (χ4n) is 11.2. The van der Waals surface area contributed by atoms with Crippen LogP contribution in [0.3, 0.4) is 0 Å². The van der Waals surface area contributed by atoms with Crippen LogP contribution in [-0.2, 0) is 42.3 Å². The van der Waals surface area contributed by atoms with Crippen LogP contribution in [0.4, 0.5) is 0 Å². The summed E-state index contributed by atoms with van der Waals surface area (Å²) in [6, 6.07) is 0. The van der Waals surface area contributed by atoms with Gasteiger partial charge in [0.05, 0.1) is 70.0 Å². The van der Waals surface area contributed by atoms with E-state index < -0.39 is 15.1 Å². The topological polar surface area (TPSA) is 90.9 Å². The Morgan fingerprint density at radius 1 is 0.733 bits per heavy atom. The summed E-state index contributed by atoms with van der Waals surface area (Å²) in [6.45, 7) is 20.5. The molecule has 0 amide bonds. The molecule has 0 spiro atoms. The van der Waals surface area contributed by atoms with Crippen molar-refractivity contribution in [3.8, 4) is 0 Å². The SMILES string of the molecule is C=C1CCC2CC(=C)C(CCC3C[C@@H](C)C(=C)[C@@H](C[C@@H]4O[C@H](C[C@H](C)CCPP)[C@H](C)C4CC(=O)CC4CC[C@@H]5O[C@@H]6[C@@H](O[C@H](C1)[C@@H]6OP(P)P)[C@@H](OP(P)P)[C@H]5O4)O3)O2. The molecule has 0 aromatic heterocycles. The molecule has 24 atom stereocenters. The van der Waals surface area contributed by atoms with Crippen molar-refractivity contribution >= 4 is 73.7 Å². The second-order valence-corrected chi connectivity index (χ2v) is 32.8. The van der Waals surface area contributed by atoms with Crippen LogP contribution in [-0.4, -0.2) is 97.4 Å². The highest BCUT2D eigenvalue weighted by Crippen LogP contribution is 2.60. The molecule has 7 aliphatic heterocycles. The van der Waals surface area contributed by atoms with Gasteiger partial charge in [0.15, 0.2) is 0 Å². The van der Waals surface area contributed by atoms with Gasteiger partial charge in [0, 0.05) is 19.3 Å². The Bertz CT molecular complexity index is 1510. The van der Waals surface area contributed by atoms with Crippen LogP contribution in [0.15, 0.2) is 36.5 Å². The van der Waals surface area contributed by atoms with Crippen molar-refractivity contribution in [2.75, 3.05) is 6.16 Å². The lowest BCUT2D eigenvalue weighted by Crippen LogP contribution is -2.61. The normalized spacial score (nSPS) is 43.9. The number of ether oxygens (including phenoxy) is 6. The van der Waals surface area contributed by atoms with E-state index in [1.165, 1.54) is 18.2 Å². The highest BCUT2D eigenvalue weighted by Gasteiger charge is 2.59. The zero-order valence-electron chi connectivity index (χ0n) is 36.1. The Balaban J connectivity index is 1.14. The maximum atomic E-state index is 14.3. The Hall–Kier alpha value is 2.01. The number of rotatable bonds is 9. The molecule has 9 nitrogen and oxygen atoms in total. The maximum absolute atomic E-state index is 14.3. The van der Waals surface area contributed by atoms with E-state index in [-0.39, 0.29) is 103 Å². The molecule has 0 saturated carbocycles. The van der Waals surface area contributed by atoms with Crippen molar-refractivity contribution in [2.24, 2.45) is 23.7 Å². The Kier molecular flexibility index (Phi) is 19.0. The first-order valence-electron chi connectivity index (χ1n) is 22.5. The highest BCUT2D eigenvalue weighted by molar-refractivity contribution is 8.41. The summed E-state index contributed by atoms with van der Waals surface area (Å²) in [6.07, 6.45) is 10.5. The lowest BCUT2D eigenvalue weighted by atomic mass is 9.78. The summed E-state index contributed by atoms with van der Waals surface area (Å²) in [5.41, 5.74) is 3.45. The first-order valence-corrected chi connectivity index (χ1v) is 34.5. The van der Waals surface area contributed by atoms with Gasteiger partial charge in [-0.2, -0.15) is 0 Å². The molecule has 340 valence electrons. The first-order chi connectivity index (χ1) is 28.7. The largest absolute Gasteiger partial charge is 0.374 e. The monoisotopic (exact) mass is 982 g/mol. The highest BCUT2D eigenvalue weighted by atomic mass is 32.4. The van der Waals surface area contributed by atoms with Crippen LogP contribution in [0.2, 0.25) is 0 Å². The van der Waals surface area contributed by atoms with Gasteiger partial charge in [0.2, 0.25) is 0 Å². The van der Waals surface area contributed by atoms with Crippen molar-refractivity contribution in [1.82, 2.24) is 0 Å². The quantitative estimate of drug-likeness (QED) is 0.165. The van der Waals surface area contributed by atoms with E-state index in [9.17, 15) is 4.79 Å². The van der Waals surface area contributed by atoms with Gasteiger partial charge >= 0.3 is 0 Å². The molecule has 17 heteroatoms. The molecule has 0 aromatic rings. The molecule has 0 aliphatic carbocycles. The van der Waals surface area contributed by atoms with Gasteiger partial charge in [-0.1, -0.05) is 81.8 Å². The van der Waals surface area contributed by atoms with Crippen molar-refractivity contribution < 1.29 is 42.3 Å². The average molecular weight is 983 g/mol. The molecule has 7 rings (SSSR count). The summed E-state index contributed by atoms with van der Waals surface area (Å²) in [5, 5.41) is 0. The third kappa shape index (κ3) is 12.6. The molecule has 60 heavy (non-hydrogen) atoms. The second-order valence-electron chi connectivity index (χ2n) is 19.1. The summed E-state index contributed by atoms with van der Waals surface area (Å²) in [4.78, 5) is 14.3. The van der Waals surface area contributed by atoms with Gasteiger partial charge in [-0.15, -0.1) is 17.2 Å². The molecule has 0 radical (unpaired) electrons. The van der Waals surface area contributed by atoms with Crippen molar-refractivity contribution in [2.45, 2.75) is 196 Å². The third-order valence-corrected chi connectivity index (χ3v) is 18.4. The number of fused-ring (bicyclic) bond motifs is 7. The smallest absolute Gasteiger partial charge is 0.135 e.